The smallest absolute Gasteiger partial charge is 0.202 e. The zero-order chi connectivity index (χ0) is 21.1. The maximum absolute atomic E-state index is 9.64. The molecule has 1 aliphatic rings. The van der Waals surface area contributed by atoms with Crippen molar-refractivity contribution in [2.24, 2.45) is 17.3 Å². The van der Waals surface area contributed by atoms with Crippen molar-refractivity contribution in [3.8, 4) is 11.3 Å². The number of hydrogen-bond acceptors (Lipinski definition) is 9. The van der Waals surface area contributed by atoms with E-state index in [0.29, 0.717) is 33.1 Å². The molecule has 0 aromatic carbocycles. The van der Waals surface area contributed by atoms with Gasteiger partial charge in [0.1, 0.15) is 11.5 Å². The summed E-state index contributed by atoms with van der Waals surface area (Å²) in [6.07, 6.45) is 9.06. The molecule has 0 saturated carbocycles. The van der Waals surface area contributed by atoms with Crippen molar-refractivity contribution in [2.45, 2.75) is 12.5 Å². The number of aliphatic hydroxyl groups excluding tert-OH is 1. The Labute approximate surface area is 182 Å². The van der Waals surface area contributed by atoms with E-state index in [2.05, 4.69) is 25.7 Å². The molecule has 3 aromatic rings. The Morgan fingerprint density at radius 2 is 2.20 bits per heavy atom. The molecule has 154 valence electrons. The van der Waals surface area contributed by atoms with Crippen molar-refractivity contribution in [1.82, 2.24) is 25.2 Å². The first-order valence-corrected chi connectivity index (χ1v) is 10.3. The summed E-state index contributed by atoms with van der Waals surface area (Å²) in [6.45, 7) is 0. The minimum absolute atomic E-state index is 0.0661. The third-order valence-corrected chi connectivity index (χ3v) is 5.75. The molecule has 0 spiro atoms. The monoisotopic (exact) mass is 442 g/mol. The first kappa shape index (κ1) is 20.2. The molecule has 0 fully saturated rings. The fraction of sp³-hybridized carbons (Fsp3) is 0.211. The van der Waals surface area contributed by atoms with Crippen LogP contribution in [0.3, 0.4) is 0 Å². The van der Waals surface area contributed by atoms with Gasteiger partial charge in [-0.2, -0.15) is 5.10 Å². The van der Waals surface area contributed by atoms with E-state index in [1.165, 1.54) is 11.3 Å². The molecular weight excluding hydrogens is 424 g/mol. The first-order chi connectivity index (χ1) is 14.5. The van der Waals surface area contributed by atoms with Gasteiger partial charge in [-0.25, -0.2) is 15.1 Å². The molecule has 30 heavy (non-hydrogen) atoms. The van der Waals surface area contributed by atoms with E-state index in [4.69, 9.17) is 16.6 Å². The maximum atomic E-state index is 9.64. The lowest BCUT2D eigenvalue weighted by Crippen LogP contribution is -2.42. The summed E-state index contributed by atoms with van der Waals surface area (Å²) >= 11 is 7.46. The Morgan fingerprint density at radius 3 is 2.90 bits per heavy atom. The van der Waals surface area contributed by atoms with Crippen LogP contribution < -0.4 is 10.4 Å². The van der Waals surface area contributed by atoms with Crippen LogP contribution in [0.15, 0.2) is 70.0 Å². The van der Waals surface area contributed by atoms with Crippen molar-refractivity contribution in [1.29, 1.82) is 0 Å². The molecule has 0 aliphatic heterocycles. The molecule has 4 rings (SSSR count). The van der Waals surface area contributed by atoms with Gasteiger partial charge in [0.05, 0.1) is 11.2 Å². The number of anilines is 1. The number of pyridine rings is 1. The number of hydrogen-bond donors (Lipinski definition) is 2. The number of hydrazine groups is 1. The van der Waals surface area contributed by atoms with E-state index >= 15 is 0 Å². The van der Waals surface area contributed by atoms with Gasteiger partial charge in [-0.3, -0.25) is 9.99 Å². The second kappa shape index (κ2) is 8.74. The SMILES string of the molecule is CN(NC1C=CC(O)=C(Cl)C1)c1nc(-c2cccnc2)c(N=Nc2ccnn2C)s1. The Morgan fingerprint density at radius 1 is 1.33 bits per heavy atom. The van der Waals surface area contributed by atoms with Crippen molar-refractivity contribution in [2.75, 3.05) is 12.1 Å². The van der Waals surface area contributed by atoms with Gasteiger partial charge in [0.15, 0.2) is 10.8 Å². The number of nitrogens with zero attached hydrogens (tertiary/aromatic N) is 7. The lowest BCUT2D eigenvalue weighted by molar-refractivity contribution is 0.418. The molecule has 0 saturated heterocycles. The highest BCUT2D eigenvalue weighted by Crippen LogP contribution is 2.39. The molecule has 1 unspecified atom stereocenters. The highest BCUT2D eigenvalue weighted by atomic mass is 35.5. The quantitative estimate of drug-likeness (QED) is 0.426. The van der Waals surface area contributed by atoms with Crippen LogP contribution in [0.1, 0.15) is 6.42 Å². The van der Waals surface area contributed by atoms with Gasteiger partial charge in [-0.1, -0.05) is 29.0 Å². The van der Waals surface area contributed by atoms with Crippen molar-refractivity contribution in [3.63, 3.8) is 0 Å². The van der Waals surface area contributed by atoms with Crippen LogP contribution in [0, 0.1) is 0 Å². The highest BCUT2D eigenvalue weighted by molar-refractivity contribution is 7.19. The average Bonchev–Trinajstić information content (AvgIpc) is 3.36. The lowest BCUT2D eigenvalue weighted by Gasteiger charge is -2.25. The van der Waals surface area contributed by atoms with Gasteiger partial charge in [0.25, 0.3) is 0 Å². The largest absolute Gasteiger partial charge is 0.507 e. The molecule has 0 bridgehead atoms. The number of azo groups is 1. The minimum Gasteiger partial charge on any atom is -0.507 e. The number of rotatable bonds is 6. The highest BCUT2D eigenvalue weighted by Gasteiger charge is 2.20. The van der Waals surface area contributed by atoms with Crippen LogP contribution in [0.25, 0.3) is 11.3 Å². The molecule has 3 heterocycles. The number of nitrogens with one attached hydrogen (secondary N) is 1. The zero-order valence-corrected chi connectivity index (χ0v) is 17.8. The van der Waals surface area contributed by atoms with E-state index in [-0.39, 0.29) is 11.8 Å². The Balaban J connectivity index is 1.61. The molecule has 3 aromatic heterocycles. The summed E-state index contributed by atoms with van der Waals surface area (Å²) in [7, 11) is 3.68. The Kier molecular flexibility index (Phi) is 5.88. The van der Waals surface area contributed by atoms with Gasteiger partial charge in [-0.05, 0) is 18.2 Å². The van der Waals surface area contributed by atoms with Crippen LogP contribution in [-0.4, -0.2) is 37.9 Å². The number of allylic oxidation sites excluding steroid dienone is 1. The maximum Gasteiger partial charge on any atom is 0.202 e. The van der Waals surface area contributed by atoms with Crippen molar-refractivity contribution in [3.05, 3.63) is 59.7 Å². The van der Waals surface area contributed by atoms with Crippen LogP contribution in [-0.2, 0) is 7.05 Å². The van der Waals surface area contributed by atoms with Crippen molar-refractivity contribution < 1.29 is 5.11 Å². The molecule has 9 nitrogen and oxygen atoms in total. The molecule has 11 heteroatoms. The molecular formula is C19H19ClN8OS. The van der Waals surface area contributed by atoms with Crippen LogP contribution in [0.5, 0.6) is 0 Å². The van der Waals surface area contributed by atoms with E-state index in [1.54, 1.807) is 42.5 Å². The average molecular weight is 443 g/mol. The number of halogens is 1. The third kappa shape index (κ3) is 4.40. The Bertz CT molecular complexity index is 1120. The molecule has 1 atom stereocenters. The van der Waals surface area contributed by atoms with Gasteiger partial charge < -0.3 is 5.11 Å². The van der Waals surface area contributed by atoms with Crippen LogP contribution in [0.4, 0.5) is 16.0 Å². The summed E-state index contributed by atoms with van der Waals surface area (Å²) in [5, 5.41) is 26.1. The van der Waals surface area contributed by atoms with E-state index in [1.807, 2.05) is 30.3 Å². The normalized spacial score (nSPS) is 16.6. The molecule has 0 amide bonds. The second-order valence-corrected chi connectivity index (χ2v) is 7.97. The number of aromatic nitrogens is 4. The minimum atomic E-state index is -0.0661. The molecule has 0 radical (unpaired) electrons. The topological polar surface area (TPSA) is 104 Å². The van der Waals surface area contributed by atoms with Gasteiger partial charge in [-0.15, -0.1) is 10.2 Å². The third-order valence-electron chi connectivity index (χ3n) is 4.38. The summed E-state index contributed by atoms with van der Waals surface area (Å²) in [6, 6.07) is 5.50. The van der Waals surface area contributed by atoms with E-state index < -0.39 is 0 Å². The van der Waals surface area contributed by atoms with Gasteiger partial charge in [0, 0.05) is 50.6 Å². The van der Waals surface area contributed by atoms with E-state index in [0.717, 1.165) is 5.56 Å². The fourth-order valence-electron chi connectivity index (χ4n) is 2.82. The summed E-state index contributed by atoms with van der Waals surface area (Å²) in [4.78, 5) is 8.94. The summed E-state index contributed by atoms with van der Waals surface area (Å²) < 4.78 is 1.64. The molecule has 2 N–H and O–H groups in total. The lowest BCUT2D eigenvalue weighted by atomic mass is 10.1. The second-order valence-electron chi connectivity index (χ2n) is 6.55. The van der Waals surface area contributed by atoms with E-state index in [9.17, 15) is 5.11 Å². The number of aryl methyl sites for hydroxylation is 1. The summed E-state index contributed by atoms with van der Waals surface area (Å²) in [5.41, 5.74) is 4.86. The van der Waals surface area contributed by atoms with Crippen LogP contribution in [0.2, 0.25) is 0 Å². The molecule has 1 aliphatic carbocycles. The number of thiazole rings is 1. The standard InChI is InChI=1S/C19H19ClN8OS/c1-27-16(7-9-22-27)24-25-18-17(12-4-3-8-21-11-12)23-19(30-18)28(2)26-13-5-6-15(29)14(20)10-13/h3-9,11,13,26,29H,10H2,1-2H3. The Hall–Kier alpha value is -3.08. The zero-order valence-electron chi connectivity index (χ0n) is 16.3. The fourth-order valence-corrected chi connectivity index (χ4v) is 3.89. The predicted molar refractivity (Wildman–Crippen MR) is 117 cm³/mol. The predicted octanol–water partition coefficient (Wildman–Crippen LogP) is 4.63. The first-order valence-electron chi connectivity index (χ1n) is 9.08. The number of aliphatic hydroxyl groups is 1. The van der Waals surface area contributed by atoms with Crippen LogP contribution >= 0.6 is 22.9 Å². The summed E-state index contributed by atoms with van der Waals surface area (Å²) in [5.74, 6) is 0.741. The van der Waals surface area contributed by atoms with Crippen molar-refractivity contribution >= 4 is 38.9 Å². The van der Waals surface area contributed by atoms with Gasteiger partial charge >= 0.3 is 0 Å². The van der Waals surface area contributed by atoms with Gasteiger partial charge in [0.2, 0.25) is 5.13 Å².